The van der Waals surface area contributed by atoms with E-state index in [1.165, 1.54) is 47.6 Å². The molecule has 5 rings (SSSR count). The Bertz CT molecular complexity index is 1500. The van der Waals surface area contributed by atoms with Crippen molar-refractivity contribution in [2.24, 2.45) is 0 Å². The molecule has 0 aliphatic carbocycles. The largest absolute Gasteiger partial charge is 0.507 e. The number of thiazole rings is 1. The Hall–Kier alpha value is -4.24. The summed E-state index contributed by atoms with van der Waals surface area (Å²) in [5.74, 6) is -1.56. The standard InChI is InChI=1S/C26H19FN2O5S/c1-33-16-11-12-18-20(13-16)35-26(28-18)29-22(17-5-3-4-6-19(17)34-2)21(24(31)25(29)32)23(30)14-7-9-15(27)10-8-14/h3-13,22,30H,1-2H3/b23-21+/t22-/m1/s1. The molecule has 1 aliphatic heterocycles. The minimum absolute atomic E-state index is 0.136. The number of rotatable bonds is 5. The number of carbonyl (C=O) groups is 2. The normalized spacial score (nSPS) is 17.2. The van der Waals surface area contributed by atoms with Crippen LogP contribution in [0, 0.1) is 5.82 Å². The number of benzene rings is 3. The third-order valence-electron chi connectivity index (χ3n) is 5.79. The highest BCUT2D eigenvalue weighted by molar-refractivity contribution is 7.22. The lowest BCUT2D eigenvalue weighted by Gasteiger charge is -2.24. The number of ether oxygens (including phenoxy) is 2. The van der Waals surface area contributed by atoms with Gasteiger partial charge in [-0.15, -0.1) is 0 Å². The fourth-order valence-corrected chi connectivity index (χ4v) is 5.12. The van der Waals surface area contributed by atoms with Gasteiger partial charge in [0.15, 0.2) is 5.13 Å². The van der Waals surface area contributed by atoms with Gasteiger partial charge in [0.25, 0.3) is 5.78 Å². The highest BCUT2D eigenvalue weighted by Gasteiger charge is 2.49. The average Bonchev–Trinajstić information content (AvgIpc) is 3.41. The zero-order valence-electron chi connectivity index (χ0n) is 18.7. The molecule has 1 aliphatic rings. The van der Waals surface area contributed by atoms with E-state index in [0.717, 1.165) is 4.70 Å². The summed E-state index contributed by atoms with van der Waals surface area (Å²) in [5.41, 5.74) is 1.20. The molecule has 7 nitrogen and oxygen atoms in total. The number of aliphatic hydroxyl groups is 1. The number of anilines is 1. The molecule has 1 saturated heterocycles. The second-order valence-electron chi connectivity index (χ2n) is 7.75. The van der Waals surface area contributed by atoms with Gasteiger partial charge in [0, 0.05) is 11.1 Å². The zero-order valence-corrected chi connectivity index (χ0v) is 19.5. The predicted molar refractivity (Wildman–Crippen MR) is 130 cm³/mol. The quantitative estimate of drug-likeness (QED) is 0.239. The first kappa shape index (κ1) is 22.5. The van der Waals surface area contributed by atoms with Crippen molar-refractivity contribution >= 4 is 44.1 Å². The number of Topliss-reactive ketones (excluding diaryl/α,β-unsaturated/α-hetero) is 1. The lowest BCUT2D eigenvalue weighted by atomic mass is 9.94. The summed E-state index contributed by atoms with van der Waals surface area (Å²) in [6, 6.07) is 16.3. The minimum Gasteiger partial charge on any atom is -0.507 e. The number of carbonyl (C=O) groups excluding carboxylic acids is 2. The van der Waals surface area contributed by atoms with Crippen molar-refractivity contribution in [3.05, 3.63) is 89.2 Å². The molecule has 0 spiro atoms. The van der Waals surface area contributed by atoms with E-state index in [0.29, 0.717) is 22.6 Å². The highest BCUT2D eigenvalue weighted by atomic mass is 32.1. The maximum Gasteiger partial charge on any atom is 0.301 e. The van der Waals surface area contributed by atoms with Crippen LogP contribution in [-0.4, -0.2) is 36.0 Å². The maximum atomic E-state index is 13.5. The summed E-state index contributed by atoms with van der Waals surface area (Å²) in [6.07, 6.45) is 0. The van der Waals surface area contributed by atoms with E-state index < -0.39 is 29.3 Å². The van der Waals surface area contributed by atoms with Gasteiger partial charge >= 0.3 is 5.91 Å². The first-order valence-electron chi connectivity index (χ1n) is 10.6. The van der Waals surface area contributed by atoms with Crippen LogP contribution in [0.2, 0.25) is 0 Å². The smallest absolute Gasteiger partial charge is 0.301 e. The molecule has 0 unspecified atom stereocenters. The number of amides is 1. The Morgan fingerprint density at radius 3 is 2.49 bits per heavy atom. The summed E-state index contributed by atoms with van der Waals surface area (Å²) in [6.45, 7) is 0. The molecule has 0 bridgehead atoms. The number of aromatic nitrogens is 1. The molecular weight excluding hydrogens is 471 g/mol. The molecule has 0 saturated carbocycles. The van der Waals surface area contributed by atoms with Gasteiger partial charge in [0.05, 0.1) is 30.0 Å². The first-order valence-corrected chi connectivity index (χ1v) is 11.4. The molecule has 0 radical (unpaired) electrons. The Kier molecular flexibility index (Phi) is 5.70. The molecule has 4 aromatic rings. The molecule has 1 N–H and O–H groups in total. The fourth-order valence-electron chi connectivity index (χ4n) is 4.10. The number of hydrogen-bond donors (Lipinski definition) is 1. The van der Waals surface area contributed by atoms with Crippen LogP contribution in [0.1, 0.15) is 17.2 Å². The van der Waals surface area contributed by atoms with Crippen LogP contribution < -0.4 is 14.4 Å². The van der Waals surface area contributed by atoms with E-state index in [1.54, 1.807) is 49.6 Å². The van der Waals surface area contributed by atoms with E-state index in [4.69, 9.17) is 9.47 Å². The molecule has 1 fully saturated rings. The number of hydrogen-bond acceptors (Lipinski definition) is 7. The predicted octanol–water partition coefficient (Wildman–Crippen LogP) is 5.08. The molecule has 1 atom stereocenters. The van der Waals surface area contributed by atoms with E-state index in [1.807, 2.05) is 0 Å². The summed E-state index contributed by atoms with van der Waals surface area (Å²) in [4.78, 5) is 32.5. The van der Waals surface area contributed by atoms with Gasteiger partial charge in [-0.2, -0.15) is 0 Å². The Morgan fingerprint density at radius 1 is 1.03 bits per heavy atom. The van der Waals surface area contributed by atoms with Gasteiger partial charge in [-0.05, 0) is 48.5 Å². The third-order valence-corrected chi connectivity index (χ3v) is 6.80. The van der Waals surface area contributed by atoms with Gasteiger partial charge in [0.2, 0.25) is 0 Å². The molecular formula is C26H19FN2O5S. The van der Waals surface area contributed by atoms with Crippen LogP contribution in [0.5, 0.6) is 11.5 Å². The van der Waals surface area contributed by atoms with Crippen LogP contribution in [-0.2, 0) is 9.59 Å². The lowest BCUT2D eigenvalue weighted by Crippen LogP contribution is -2.29. The minimum atomic E-state index is -1.02. The number of fused-ring (bicyclic) bond motifs is 1. The van der Waals surface area contributed by atoms with E-state index in [-0.39, 0.29) is 16.3 Å². The second kappa shape index (κ2) is 8.84. The topological polar surface area (TPSA) is 89.0 Å². The molecule has 1 aromatic heterocycles. The van der Waals surface area contributed by atoms with Gasteiger partial charge in [-0.1, -0.05) is 29.5 Å². The number of aliphatic hydroxyl groups excluding tert-OH is 1. The van der Waals surface area contributed by atoms with Crippen LogP contribution in [0.4, 0.5) is 9.52 Å². The number of halogens is 1. The Labute approximate surface area is 203 Å². The highest BCUT2D eigenvalue weighted by Crippen LogP contribution is 2.46. The molecule has 3 aromatic carbocycles. The van der Waals surface area contributed by atoms with Crippen LogP contribution in [0.25, 0.3) is 16.0 Å². The van der Waals surface area contributed by atoms with E-state index >= 15 is 0 Å². The van der Waals surface area contributed by atoms with Gasteiger partial charge in [-0.3, -0.25) is 14.5 Å². The number of ketones is 1. The van der Waals surface area contributed by atoms with Crippen molar-refractivity contribution in [3.63, 3.8) is 0 Å². The Balaban J connectivity index is 1.74. The van der Waals surface area contributed by atoms with Crippen LogP contribution >= 0.6 is 11.3 Å². The van der Waals surface area contributed by atoms with Crippen molar-refractivity contribution in [2.75, 3.05) is 19.1 Å². The molecule has 2 heterocycles. The first-order chi connectivity index (χ1) is 16.9. The fraction of sp³-hybridized carbons (Fsp3) is 0.115. The van der Waals surface area contributed by atoms with Crippen molar-refractivity contribution in [1.82, 2.24) is 4.98 Å². The SMILES string of the molecule is COc1ccc2nc(N3C(=O)C(=O)/C(=C(/O)c4ccc(F)cc4)[C@H]3c3ccccc3OC)sc2c1. The van der Waals surface area contributed by atoms with Gasteiger partial charge in [0.1, 0.15) is 29.1 Å². The monoisotopic (exact) mass is 490 g/mol. The maximum absolute atomic E-state index is 13.5. The van der Waals surface area contributed by atoms with Crippen LogP contribution in [0.3, 0.4) is 0 Å². The number of para-hydroxylation sites is 1. The average molecular weight is 491 g/mol. The number of methoxy groups -OCH3 is 2. The Morgan fingerprint density at radius 2 is 1.77 bits per heavy atom. The van der Waals surface area contributed by atoms with Crippen molar-refractivity contribution in [2.45, 2.75) is 6.04 Å². The molecule has 1 amide bonds. The number of nitrogens with zero attached hydrogens (tertiary/aromatic N) is 2. The van der Waals surface area contributed by atoms with E-state index in [2.05, 4.69) is 4.98 Å². The zero-order chi connectivity index (χ0) is 24.7. The summed E-state index contributed by atoms with van der Waals surface area (Å²) in [7, 11) is 3.04. The molecule has 9 heteroatoms. The van der Waals surface area contributed by atoms with Crippen molar-refractivity contribution in [3.8, 4) is 11.5 Å². The van der Waals surface area contributed by atoms with Crippen molar-refractivity contribution in [1.29, 1.82) is 0 Å². The molecule has 35 heavy (non-hydrogen) atoms. The summed E-state index contributed by atoms with van der Waals surface area (Å²) >= 11 is 1.22. The van der Waals surface area contributed by atoms with Gasteiger partial charge in [-0.25, -0.2) is 9.37 Å². The second-order valence-corrected chi connectivity index (χ2v) is 8.76. The van der Waals surface area contributed by atoms with Crippen LogP contribution in [0.15, 0.2) is 72.3 Å². The van der Waals surface area contributed by atoms with Gasteiger partial charge < -0.3 is 14.6 Å². The van der Waals surface area contributed by atoms with Crippen molar-refractivity contribution < 1.29 is 28.6 Å². The molecule has 176 valence electrons. The third kappa shape index (κ3) is 3.79. The summed E-state index contributed by atoms with van der Waals surface area (Å²) < 4.78 is 25.0. The summed E-state index contributed by atoms with van der Waals surface area (Å²) in [5, 5.41) is 11.4. The lowest BCUT2D eigenvalue weighted by molar-refractivity contribution is -0.132. The van der Waals surface area contributed by atoms with E-state index in [9.17, 15) is 19.1 Å².